The van der Waals surface area contributed by atoms with Crippen LogP contribution in [0.25, 0.3) is 5.69 Å². The molecule has 2 N–H and O–H groups in total. The standard InChI is InChI=1S/C26H34ClN5O2S/c1-5-20-14-18(3)25(19(4)15-20)29-23(33)9-12-35-13-10-24(34)31(6-2)22-17-32(30-26(22)27)21-8-7-11-28-16-21/h7-8,11,14-17,23,29,33H,5-6,9-10,12-13H2,1-4H3. The van der Waals surface area contributed by atoms with Crippen molar-refractivity contribution in [3.8, 4) is 5.69 Å². The number of nitrogens with zero attached hydrogens (tertiary/aromatic N) is 4. The van der Waals surface area contributed by atoms with Crippen LogP contribution in [-0.2, 0) is 11.2 Å². The van der Waals surface area contributed by atoms with E-state index in [1.54, 1.807) is 39.9 Å². The minimum Gasteiger partial charge on any atom is -0.374 e. The summed E-state index contributed by atoms with van der Waals surface area (Å²) in [6.07, 6.45) is 6.47. The molecule has 0 bridgehead atoms. The topological polar surface area (TPSA) is 83.3 Å². The maximum Gasteiger partial charge on any atom is 0.227 e. The Hall–Kier alpha value is -2.55. The monoisotopic (exact) mass is 515 g/mol. The number of rotatable bonds is 12. The molecule has 2 heterocycles. The van der Waals surface area contributed by atoms with Crippen molar-refractivity contribution in [3.63, 3.8) is 0 Å². The van der Waals surface area contributed by atoms with Crippen molar-refractivity contribution in [1.82, 2.24) is 14.8 Å². The lowest BCUT2D eigenvalue weighted by atomic mass is 10.0. The number of thioether (sulfide) groups is 1. The average Bonchev–Trinajstić information content (AvgIpc) is 3.23. The van der Waals surface area contributed by atoms with E-state index in [9.17, 15) is 9.90 Å². The highest BCUT2D eigenvalue weighted by Crippen LogP contribution is 2.27. The number of aliphatic hydroxyl groups excluding tert-OH is 1. The predicted octanol–water partition coefficient (Wildman–Crippen LogP) is 5.40. The van der Waals surface area contributed by atoms with Crippen LogP contribution in [0.3, 0.4) is 0 Å². The number of carbonyl (C=O) groups is 1. The molecule has 3 rings (SSSR count). The molecule has 7 nitrogen and oxygen atoms in total. The molecular weight excluding hydrogens is 482 g/mol. The van der Waals surface area contributed by atoms with E-state index in [1.165, 1.54) is 5.56 Å². The Balaban J connectivity index is 1.46. The van der Waals surface area contributed by atoms with E-state index in [1.807, 2.05) is 19.1 Å². The summed E-state index contributed by atoms with van der Waals surface area (Å²) >= 11 is 8.01. The van der Waals surface area contributed by atoms with Crippen molar-refractivity contribution in [2.75, 3.05) is 28.3 Å². The molecule has 1 aromatic carbocycles. The van der Waals surface area contributed by atoms with Gasteiger partial charge in [-0.2, -0.15) is 16.9 Å². The number of halogens is 1. The Morgan fingerprint density at radius 2 is 2.00 bits per heavy atom. The molecule has 0 aliphatic carbocycles. The van der Waals surface area contributed by atoms with Gasteiger partial charge in [-0.05, 0) is 61.8 Å². The fourth-order valence-electron chi connectivity index (χ4n) is 3.94. The van der Waals surface area contributed by atoms with Gasteiger partial charge in [0.2, 0.25) is 5.91 Å². The summed E-state index contributed by atoms with van der Waals surface area (Å²) in [4.78, 5) is 18.6. The van der Waals surface area contributed by atoms with Gasteiger partial charge in [0.05, 0.1) is 18.1 Å². The van der Waals surface area contributed by atoms with Crippen LogP contribution < -0.4 is 10.2 Å². The molecule has 0 saturated heterocycles. The van der Waals surface area contributed by atoms with Crippen LogP contribution in [0.1, 0.15) is 43.4 Å². The van der Waals surface area contributed by atoms with E-state index in [0.717, 1.165) is 34.7 Å². The molecule has 2 aromatic heterocycles. The highest BCUT2D eigenvalue weighted by atomic mass is 35.5. The van der Waals surface area contributed by atoms with Gasteiger partial charge in [-0.25, -0.2) is 4.68 Å². The molecule has 188 valence electrons. The lowest BCUT2D eigenvalue weighted by molar-refractivity contribution is -0.118. The summed E-state index contributed by atoms with van der Waals surface area (Å²) in [6, 6.07) is 8.02. The second kappa shape index (κ2) is 13.0. The van der Waals surface area contributed by atoms with Crippen molar-refractivity contribution in [2.24, 2.45) is 0 Å². The van der Waals surface area contributed by atoms with Gasteiger partial charge in [0.25, 0.3) is 0 Å². The largest absolute Gasteiger partial charge is 0.374 e. The summed E-state index contributed by atoms with van der Waals surface area (Å²) in [7, 11) is 0. The Morgan fingerprint density at radius 3 is 2.63 bits per heavy atom. The first-order valence-corrected chi connectivity index (χ1v) is 13.5. The van der Waals surface area contributed by atoms with Gasteiger partial charge in [-0.15, -0.1) is 0 Å². The highest BCUT2D eigenvalue weighted by Gasteiger charge is 2.20. The fourth-order valence-corrected chi connectivity index (χ4v) is 5.09. The third kappa shape index (κ3) is 7.22. The first-order valence-electron chi connectivity index (χ1n) is 11.9. The molecule has 0 saturated carbocycles. The van der Waals surface area contributed by atoms with Crippen molar-refractivity contribution in [3.05, 3.63) is 64.7 Å². The molecule has 0 fully saturated rings. The van der Waals surface area contributed by atoms with Crippen LogP contribution in [0.5, 0.6) is 0 Å². The van der Waals surface area contributed by atoms with Gasteiger partial charge in [0.15, 0.2) is 5.15 Å². The van der Waals surface area contributed by atoms with Crippen LogP contribution in [0, 0.1) is 13.8 Å². The normalized spacial score (nSPS) is 11.9. The van der Waals surface area contributed by atoms with E-state index in [2.05, 4.69) is 48.3 Å². The number of carbonyl (C=O) groups excluding carboxylic acids is 1. The molecule has 0 radical (unpaired) electrons. The maximum absolute atomic E-state index is 12.9. The van der Waals surface area contributed by atoms with Crippen molar-refractivity contribution in [1.29, 1.82) is 0 Å². The van der Waals surface area contributed by atoms with Crippen molar-refractivity contribution < 1.29 is 9.90 Å². The SMILES string of the molecule is CCc1cc(C)c(NC(O)CCSCCC(=O)N(CC)c2cn(-c3cccnc3)nc2Cl)c(C)c1. The zero-order chi connectivity index (χ0) is 25.4. The molecule has 0 spiro atoms. The molecule has 1 unspecified atom stereocenters. The van der Waals surface area contributed by atoms with Crippen LogP contribution in [-0.4, -0.2) is 50.1 Å². The Labute approximate surface area is 216 Å². The third-order valence-electron chi connectivity index (χ3n) is 5.78. The highest BCUT2D eigenvalue weighted by molar-refractivity contribution is 7.99. The van der Waals surface area contributed by atoms with E-state index in [-0.39, 0.29) is 11.1 Å². The number of amides is 1. The molecule has 3 aromatic rings. The van der Waals surface area contributed by atoms with E-state index < -0.39 is 6.23 Å². The summed E-state index contributed by atoms with van der Waals surface area (Å²) in [5.74, 6) is 1.41. The minimum atomic E-state index is -0.632. The van der Waals surface area contributed by atoms with Crippen LogP contribution in [0.2, 0.25) is 5.15 Å². The number of pyridine rings is 1. The van der Waals surface area contributed by atoms with Crippen molar-refractivity contribution in [2.45, 2.75) is 53.2 Å². The van der Waals surface area contributed by atoms with Crippen LogP contribution in [0.15, 0.2) is 42.9 Å². The van der Waals surface area contributed by atoms with Crippen LogP contribution >= 0.6 is 23.4 Å². The fraction of sp³-hybridized carbons (Fsp3) is 0.423. The number of aromatic nitrogens is 3. The quantitative estimate of drug-likeness (QED) is 0.248. The maximum atomic E-state index is 12.9. The Bertz CT molecular complexity index is 1100. The Kier molecular flexibility index (Phi) is 10.0. The third-order valence-corrected chi connectivity index (χ3v) is 7.06. The predicted molar refractivity (Wildman–Crippen MR) is 146 cm³/mol. The summed E-state index contributed by atoms with van der Waals surface area (Å²) in [5, 5.41) is 18.3. The summed E-state index contributed by atoms with van der Waals surface area (Å²) < 4.78 is 1.63. The number of aliphatic hydroxyl groups is 1. The average molecular weight is 516 g/mol. The van der Waals surface area contributed by atoms with Gasteiger partial charge >= 0.3 is 0 Å². The van der Waals surface area contributed by atoms with Gasteiger partial charge in [-0.1, -0.05) is 30.7 Å². The van der Waals surface area contributed by atoms with Gasteiger partial charge < -0.3 is 15.3 Å². The van der Waals surface area contributed by atoms with Gasteiger partial charge in [0.1, 0.15) is 11.9 Å². The Morgan fingerprint density at radius 1 is 1.26 bits per heavy atom. The first kappa shape index (κ1) is 27.0. The molecule has 1 amide bonds. The van der Waals surface area contributed by atoms with E-state index in [4.69, 9.17) is 11.6 Å². The van der Waals surface area contributed by atoms with Gasteiger partial charge in [0, 0.05) is 37.0 Å². The number of aryl methyl sites for hydroxylation is 3. The molecule has 0 aliphatic rings. The number of hydrogen-bond acceptors (Lipinski definition) is 6. The summed E-state index contributed by atoms with van der Waals surface area (Å²) in [6.45, 7) is 8.69. The zero-order valence-corrected chi connectivity index (χ0v) is 22.4. The number of nitrogens with one attached hydrogen (secondary N) is 1. The lowest BCUT2D eigenvalue weighted by Crippen LogP contribution is -2.30. The summed E-state index contributed by atoms with van der Waals surface area (Å²) in [5.41, 5.74) is 5.95. The smallest absolute Gasteiger partial charge is 0.227 e. The molecule has 1 atom stereocenters. The number of hydrogen-bond donors (Lipinski definition) is 2. The molecule has 0 aliphatic heterocycles. The molecule has 9 heteroatoms. The molecular formula is C26H34ClN5O2S. The lowest BCUT2D eigenvalue weighted by Gasteiger charge is -2.20. The first-order chi connectivity index (χ1) is 16.8. The van der Waals surface area contributed by atoms with Crippen LogP contribution in [0.4, 0.5) is 11.4 Å². The zero-order valence-electron chi connectivity index (χ0n) is 20.8. The van der Waals surface area contributed by atoms with E-state index in [0.29, 0.717) is 30.8 Å². The van der Waals surface area contributed by atoms with Crippen molar-refractivity contribution >= 4 is 40.6 Å². The second-order valence-corrected chi connectivity index (χ2v) is 9.95. The second-order valence-electron chi connectivity index (χ2n) is 8.37. The van der Waals surface area contributed by atoms with Gasteiger partial charge in [-0.3, -0.25) is 9.78 Å². The minimum absolute atomic E-state index is 0.00595. The van der Waals surface area contributed by atoms with E-state index >= 15 is 0 Å². The number of anilines is 2. The molecule has 35 heavy (non-hydrogen) atoms. The number of benzene rings is 1.